The number of anilines is 1. The van der Waals surface area contributed by atoms with Crippen molar-refractivity contribution in [3.8, 4) is 0 Å². The van der Waals surface area contributed by atoms with Gasteiger partial charge >= 0.3 is 5.97 Å². The molecule has 0 saturated heterocycles. The summed E-state index contributed by atoms with van der Waals surface area (Å²) in [5.74, 6) is -3.25. The van der Waals surface area contributed by atoms with E-state index in [0.717, 1.165) is 11.0 Å². The van der Waals surface area contributed by atoms with Gasteiger partial charge in [0.15, 0.2) is 6.61 Å². The van der Waals surface area contributed by atoms with Crippen LogP contribution in [0.3, 0.4) is 0 Å². The number of hydrogen-bond donors (Lipinski definition) is 0. The number of nitro groups is 1. The van der Waals surface area contributed by atoms with Crippen LogP contribution in [0.1, 0.15) is 41.4 Å². The molecule has 0 aromatic heterocycles. The maximum absolute atomic E-state index is 13.0. The van der Waals surface area contributed by atoms with E-state index in [1.807, 2.05) is 0 Å². The fraction of sp³-hybridized carbons (Fsp3) is 0.0435. The van der Waals surface area contributed by atoms with Crippen LogP contribution in [0.25, 0.3) is 0 Å². The van der Waals surface area contributed by atoms with Crippen molar-refractivity contribution in [1.29, 1.82) is 0 Å². The van der Waals surface area contributed by atoms with Gasteiger partial charge in [-0.3, -0.25) is 24.5 Å². The number of amides is 2. The van der Waals surface area contributed by atoms with E-state index >= 15 is 0 Å². The van der Waals surface area contributed by atoms with E-state index in [4.69, 9.17) is 51.1 Å². The van der Waals surface area contributed by atoms with Gasteiger partial charge < -0.3 is 4.74 Å². The van der Waals surface area contributed by atoms with Crippen LogP contribution >= 0.6 is 46.4 Å². The maximum Gasteiger partial charge on any atom is 0.338 e. The number of fused-ring (bicyclic) bond motifs is 1. The molecule has 0 radical (unpaired) electrons. The lowest BCUT2D eigenvalue weighted by Crippen LogP contribution is -2.29. The van der Waals surface area contributed by atoms with Crippen LogP contribution in [0.4, 0.5) is 11.4 Å². The van der Waals surface area contributed by atoms with Crippen LogP contribution in [0, 0.1) is 10.1 Å². The van der Waals surface area contributed by atoms with Crippen molar-refractivity contribution in [3.63, 3.8) is 0 Å². The Bertz CT molecular complexity index is 1460. The monoisotopic (exact) mass is 566 g/mol. The highest BCUT2D eigenvalue weighted by atomic mass is 35.5. The van der Waals surface area contributed by atoms with E-state index in [-0.39, 0.29) is 53.7 Å². The second-order valence-corrected chi connectivity index (χ2v) is 8.82. The highest BCUT2D eigenvalue weighted by molar-refractivity contribution is 6.56. The molecule has 0 N–H and O–H groups in total. The number of carbonyl (C=O) groups is 4. The number of imide groups is 1. The van der Waals surface area contributed by atoms with Gasteiger partial charge in [0, 0.05) is 17.7 Å². The molecule has 1 aliphatic rings. The smallest absolute Gasteiger partial charge is 0.338 e. The number of non-ortho nitro benzene ring substituents is 1. The van der Waals surface area contributed by atoms with Gasteiger partial charge in [-0.05, 0) is 18.2 Å². The number of Topliss-reactive ketones (excluding diaryl/α,β-unsaturated/α-hetero) is 1. The summed E-state index contributed by atoms with van der Waals surface area (Å²) < 4.78 is 5.02. The molecule has 3 aromatic rings. The third-order valence-electron chi connectivity index (χ3n) is 5.15. The summed E-state index contributed by atoms with van der Waals surface area (Å²) in [4.78, 5) is 61.9. The number of ketones is 1. The Labute approximate surface area is 222 Å². The number of hydrogen-bond acceptors (Lipinski definition) is 7. The summed E-state index contributed by atoms with van der Waals surface area (Å²) in [6, 6.07) is 10.3. The van der Waals surface area contributed by atoms with Crippen LogP contribution in [-0.4, -0.2) is 35.1 Å². The number of ether oxygens (including phenoxy) is 1. The van der Waals surface area contributed by atoms with E-state index in [1.54, 1.807) is 0 Å². The lowest BCUT2D eigenvalue weighted by Gasteiger charge is -2.15. The number of nitro benzene ring substituents is 1. The molecule has 2 amide bonds. The summed E-state index contributed by atoms with van der Waals surface area (Å²) >= 11 is 24.3. The highest BCUT2D eigenvalue weighted by Gasteiger charge is 2.42. The first kappa shape index (κ1) is 25.6. The molecule has 0 saturated carbocycles. The summed E-state index contributed by atoms with van der Waals surface area (Å²) in [7, 11) is 0. The molecule has 1 heterocycles. The Morgan fingerprint density at radius 3 is 1.97 bits per heavy atom. The first-order valence-corrected chi connectivity index (χ1v) is 11.3. The van der Waals surface area contributed by atoms with Crippen LogP contribution < -0.4 is 4.90 Å². The topological polar surface area (TPSA) is 124 Å². The Kier molecular flexibility index (Phi) is 7.01. The highest BCUT2D eigenvalue weighted by Crippen LogP contribution is 2.45. The average molecular weight is 568 g/mol. The number of esters is 1. The van der Waals surface area contributed by atoms with Gasteiger partial charge in [-0.2, -0.15) is 0 Å². The van der Waals surface area contributed by atoms with Gasteiger partial charge in [-0.25, -0.2) is 9.69 Å². The van der Waals surface area contributed by atoms with Crippen LogP contribution in [0.5, 0.6) is 0 Å². The minimum absolute atomic E-state index is 0.0000360. The van der Waals surface area contributed by atoms with Crippen molar-refractivity contribution < 1.29 is 28.8 Å². The molecule has 9 nitrogen and oxygen atoms in total. The third-order valence-corrected chi connectivity index (χ3v) is 6.96. The molecule has 13 heteroatoms. The van der Waals surface area contributed by atoms with Gasteiger partial charge in [0.2, 0.25) is 5.78 Å². The van der Waals surface area contributed by atoms with Crippen molar-refractivity contribution in [2.75, 3.05) is 11.5 Å². The lowest BCUT2D eigenvalue weighted by molar-refractivity contribution is -0.384. The van der Waals surface area contributed by atoms with E-state index in [0.29, 0.717) is 0 Å². The largest absolute Gasteiger partial charge is 0.454 e. The maximum atomic E-state index is 13.0. The number of benzene rings is 3. The van der Waals surface area contributed by atoms with Gasteiger partial charge in [0.05, 0.1) is 47.4 Å². The second-order valence-electron chi connectivity index (χ2n) is 7.31. The zero-order valence-electron chi connectivity index (χ0n) is 17.6. The van der Waals surface area contributed by atoms with Gasteiger partial charge in [-0.15, -0.1) is 0 Å². The lowest BCUT2D eigenvalue weighted by atomic mass is 10.1. The Hall–Kier alpha value is -3.50. The van der Waals surface area contributed by atoms with Gasteiger partial charge in [0.1, 0.15) is 0 Å². The van der Waals surface area contributed by atoms with E-state index < -0.39 is 35.1 Å². The number of nitrogens with zero attached hydrogens (tertiary/aromatic N) is 2. The van der Waals surface area contributed by atoms with Crippen LogP contribution in [0.15, 0.2) is 48.5 Å². The molecular formula is C23H10Cl4N2O7. The fourth-order valence-corrected chi connectivity index (χ4v) is 4.46. The number of carbonyl (C=O) groups excluding carboxylic acids is 4. The number of rotatable bonds is 6. The van der Waals surface area contributed by atoms with Crippen molar-refractivity contribution in [2.24, 2.45) is 0 Å². The molecule has 0 atom stereocenters. The zero-order chi connectivity index (χ0) is 26.3. The average Bonchev–Trinajstić information content (AvgIpc) is 3.14. The molecule has 1 aliphatic heterocycles. The zero-order valence-corrected chi connectivity index (χ0v) is 20.6. The quantitative estimate of drug-likeness (QED) is 0.0675. The fourth-order valence-electron chi connectivity index (χ4n) is 3.45. The molecule has 0 aliphatic carbocycles. The minimum Gasteiger partial charge on any atom is -0.454 e. The second kappa shape index (κ2) is 9.87. The number of halogens is 4. The molecule has 4 rings (SSSR count). The van der Waals surface area contributed by atoms with Crippen LogP contribution in [-0.2, 0) is 4.74 Å². The molecule has 0 unspecified atom stereocenters. The normalized spacial score (nSPS) is 12.5. The Morgan fingerprint density at radius 1 is 0.833 bits per heavy atom. The first-order valence-electron chi connectivity index (χ1n) is 9.82. The third kappa shape index (κ3) is 4.42. The van der Waals surface area contributed by atoms with Gasteiger partial charge in [0.25, 0.3) is 17.5 Å². The molecular weight excluding hydrogens is 558 g/mol. The minimum atomic E-state index is -0.936. The molecule has 36 heavy (non-hydrogen) atoms. The van der Waals surface area contributed by atoms with Gasteiger partial charge in [-0.1, -0.05) is 64.6 Å². The predicted octanol–water partition coefficient (Wildman–Crippen LogP) is 6.05. The molecule has 0 bridgehead atoms. The first-order chi connectivity index (χ1) is 17.0. The van der Waals surface area contributed by atoms with Crippen LogP contribution in [0.2, 0.25) is 20.1 Å². The van der Waals surface area contributed by atoms with Crippen molar-refractivity contribution in [2.45, 2.75) is 0 Å². The SMILES string of the molecule is O=C(COC(=O)c1cccc(N2C(=O)c3c(Cl)c(Cl)c(Cl)c(Cl)c3C2=O)c1)c1cccc([N+](=O)[O-])c1. The molecule has 3 aromatic carbocycles. The Morgan fingerprint density at radius 2 is 1.39 bits per heavy atom. The summed E-state index contributed by atoms with van der Waals surface area (Å²) in [6.45, 7) is -0.695. The standard InChI is InChI=1S/C23H10Cl4N2O7/c24-17-15-16(18(25)20(27)19(17)26)22(32)28(21(15)31)12-5-2-4-11(8-12)23(33)36-9-14(30)10-3-1-6-13(7-10)29(34)35/h1-8H,9H2. The predicted molar refractivity (Wildman–Crippen MR) is 132 cm³/mol. The summed E-state index contributed by atoms with van der Waals surface area (Å²) in [6.07, 6.45) is 0. The molecule has 0 spiro atoms. The van der Waals surface area contributed by atoms with Crippen molar-refractivity contribution >= 4 is 81.3 Å². The van der Waals surface area contributed by atoms with Crippen molar-refractivity contribution in [1.82, 2.24) is 0 Å². The summed E-state index contributed by atoms with van der Waals surface area (Å²) in [5, 5.41) is 10.0. The van der Waals surface area contributed by atoms with E-state index in [9.17, 15) is 29.3 Å². The van der Waals surface area contributed by atoms with E-state index in [2.05, 4.69) is 0 Å². The Balaban J connectivity index is 1.55. The molecule has 182 valence electrons. The molecule has 0 fully saturated rings. The summed E-state index contributed by atoms with van der Waals surface area (Å²) in [5.41, 5.74) is -0.830. The van der Waals surface area contributed by atoms with Crippen molar-refractivity contribution in [3.05, 3.63) is 101 Å². The van der Waals surface area contributed by atoms with E-state index in [1.165, 1.54) is 42.5 Å².